The number of hydrogen-bond donors (Lipinski definition) is 1. The van der Waals surface area contributed by atoms with Gasteiger partial charge in [0.2, 0.25) is 0 Å². The third kappa shape index (κ3) is 2.17. The Kier molecular flexibility index (Phi) is 3.11. The standard InChI is InChI=1S/C14H13N3OS/c15-6-10-11(9-2-1-5-17-7-9)13(19-14(10)16)12(18)8-3-4-8/h1-2,5,7-8,10-11,13,16H,3-4H2/t10?,11-,13-/m1/s1. The second-order valence-corrected chi connectivity index (χ2v) is 6.18. The van der Waals surface area contributed by atoms with Crippen LogP contribution >= 0.6 is 11.8 Å². The van der Waals surface area contributed by atoms with Crippen molar-refractivity contribution in [2.75, 3.05) is 0 Å². The molecule has 1 aliphatic heterocycles. The first-order valence-corrected chi connectivity index (χ1v) is 7.18. The molecule has 2 fully saturated rings. The van der Waals surface area contributed by atoms with Crippen LogP contribution in [0.4, 0.5) is 0 Å². The Morgan fingerprint density at radius 3 is 2.89 bits per heavy atom. The molecule has 3 atom stereocenters. The lowest BCUT2D eigenvalue weighted by Gasteiger charge is -2.18. The van der Waals surface area contributed by atoms with Crippen LogP contribution in [0.25, 0.3) is 0 Å². The first-order chi connectivity index (χ1) is 9.22. The average molecular weight is 271 g/mol. The summed E-state index contributed by atoms with van der Waals surface area (Å²) in [6.45, 7) is 0. The maximum Gasteiger partial charge on any atom is 0.149 e. The molecular formula is C14H13N3OS. The summed E-state index contributed by atoms with van der Waals surface area (Å²) in [6, 6.07) is 5.89. The number of Topliss-reactive ketones (excluding diaryl/α,β-unsaturated/α-hetero) is 1. The van der Waals surface area contributed by atoms with E-state index in [1.165, 1.54) is 11.8 Å². The lowest BCUT2D eigenvalue weighted by atomic mass is 9.83. The highest BCUT2D eigenvalue weighted by molar-refractivity contribution is 8.15. The molecule has 2 aliphatic rings. The van der Waals surface area contributed by atoms with Gasteiger partial charge in [-0.3, -0.25) is 15.2 Å². The number of thioether (sulfide) groups is 1. The maximum atomic E-state index is 12.4. The Hall–Kier alpha value is -1.67. The summed E-state index contributed by atoms with van der Waals surface area (Å²) in [7, 11) is 0. The first-order valence-electron chi connectivity index (χ1n) is 6.30. The van der Waals surface area contributed by atoms with E-state index < -0.39 is 5.92 Å². The second kappa shape index (κ2) is 4.78. The predicted molar refractivity (Wildman–Crippen MR) is 72.9 cm³/mol. The third-order valence-electron chi connectivity index (χ3n) is 3.69. The number of hydrogen-bond acceptors (Lipinski definition) is 5. The third-order valence-corrected chi connectivity index (χ3v) is 4.98. The van der Waals surface area contributed by atoms with E-state index in [0.29, 0.717) is 5.04 Å². The minimum Gasteiger partial charge on any atom is -0.298 e. The number of nitrogens with one attached hydrogen (secondary N) is 1. The zero-order valence-electron chi connectivity index (χ0n) is 10.2. The van der Waals surface area contributed by atoms with Gasteiger partial charge >= 0.3 is 0 Å². The van der Waals surface area contributed by atoms with Gasteiger partial charge in [-0.2, -0.15) is 5.26 Å². The van der Waals surface area contributed by atoms with Gasteiger partial charge < -0.3 is 0 Å². The molecule has 5 heteroatoms. The zero-order chi connectivity index (χ0) is 13.4. The number of aromatic nitrogens is 1. The van der Waals surface area contributed by atoms with E-state index >= 15 is 0 Å². The maximum absolute atomic E-state index is 12.4. The van der Waals surface area contributed by atoms with Crippen LogP contribution in [0.1, 0.15) is 24.3 Å². The molecule has 1 aliphatic carbocycles. The van der Waals surface area contributed by atoms with Crippen molar-refractivity contribution < 1.29 is 4.79 Å². The largest absolute Gasteiger partial charge is 0.298 e. The van der Waals surface area contributed by atoms with E-state index in [-0.39, 0.29) is 22.9 Å². The van der Waals surface area contributed by atoms with Gasteiger partial charge in [0.1, 0.15) is 11.7 Å². The van der Waals surface area contributed by atoms with Gasteiger partial charge in [0.25, 0.3) is 0 Å². The molecule has 0 amide bonds. The summed E-state index contributed by atoms with van der Waals surface area (Å²) < 4.78 is 0. The van der Waals surface area contributed by atoms with Crippen molar-refractivity contribution in [2.45, 2.75) is 24.0 Å². The number of carbonyl (C=O) groups is 1. The molecule has 1 N–H and O–H groups in total. The van der Waals surface area contributed by atoms with Crippen LogP contribution in [-0.4, -0.2) is 21.1 Å². The molecule has 0 aromatic carbocycles. The molecule has 1 aromatic rings. The Balaban J connectivity index is 1.97. The monoisotopic (exact) mass is 271 g/mol. The van der Waals surface area contributed by atoms with Crippen molar-refractivity contribution in [2.24, 2.45) is 11.8 Å². The van der Waals surface area contributed by atoms with Crippen LogP contribution in [0, 0.1) is 28.6 Å². The van der Waals surface area contributed by atoms with Crippen molar-refractivity contribution in [3.05, 3.63) is 30.1 Å². The highest BCUT2D eigenvalue weighted by atomic mass is 32.2. The molecule has 1 unspecified atom stereocenters. The lowest BCUT2D eigenvalue weighted by molar-refractivity contribution is -0.120. The van der Waals surface area contributed by atoms with Gasteiger partial charge in [-0.15, -0.1) is 0 Å². The molecule has 0 radical (unpaired) electrons. The summed E-state index contributed by atoms with van der Waals surface area (Å²) in [5.74, 6) is -0.366. The van der Waals surface area contributed by atoms with Crippen molar-refractivity contribution >= 4 is 22.6 Å². The number of nitriles is 1. The Morgan fingerprint density at radius 1 is 1.53 bits per heavy atom. The molecule has 1 aromatic heterocycles. The molecule has 96 valence electrons. The topological polar surface area (TPSA) is 77.6 Å². The fourth-order valence-electron chi connectivity index (χ4n) is 2.54. The van der Waals surface area contributed by atoms with Gasteiger partial charge in [0.15, 0.2) is 0 Å². The van der Waals surface area contributed by atoms with Gasteiger partial charge in [-0.25, -0.2) is 0 Å². The van der Waals surface area contributed by atoms with Crippen LogP contribution in [0.3, 0.4) is 0 Å². The van der Waals surface area contributed by atoms with Crippen LogP contribution in [-0.2, 0) is 4.79 Å². The molecule has 3 rings (SSSR count). The minimum atomic E-state index is -0.512. The Bertz CT molecular complexity index is 562. The zero-order valence-corrected chi connectivity index (χ0v) is 11.1. The van der Waals surface area contributed by atoms with E-state index in [9.17, 15) is 10.1 Å². The Labute approximate surface area is 115 Å². The minimum absolute atomic E-state index is 0.155. The van der Waals surface area contributed by atoms with E-state index in [4.69, 9.17) is 5.41 Å². The second-order valence-electron chi connectivity index (χ2n) is 5.00. The van der Waals surface area contributed by atoms with E-state index in [2.05, 4.69) is 11.1 Å². The molecule has 0 bridgehead atoms. The number of ketones is 1. The fraction of sp³-hybridized carbons (Fsp3) is 0.429. The molecule has 1 saturated carbocycles. The molecule has 4 nitrogen and oxygen atoms in total. The van der Waals surface area contributed by atoms with Crippen LogP contribution in [0.5, 0.6) is 0 Å². The normalized spacial score (nSPS) is 30.1. The van der Waals surface area contributed by atoms with Crippen molar-refractivity contribution in [3.8, 4) is 6.07 Å². The van der Waals surface area contributed by atoms with E-state index in [1.54, 1.807) is 12.4 Å². The van der Waals surface area contributed by atoms with Gasteiger partial charge in [-0.05, 0) is 24.5 Å². The molecular weight excluding hydrogens is 258 g/mol. The SMILES string of the molecule is N#CC1C(=N)S[C@@H](C(=O)C2CC2)[C@@H]1c1cccnc1. The quantitative estimate of drug-likeness (QED) is 0.915. The number of rotatable bonds is 3. The lowest BCUT2D eigenvalue weighted by Crippen LogP contribution is -2.25. The summed E-state index contributed by atoms with van der Waals surface area (Å²) in [5.41, 5.74) is 0.891. The van der Waals surface area contributed by atoms with Crippen molar-refractivity contribution in [3.63, 3.8) is 0 Å². The molecule has 1 saturated heterocycles. The first kappa shape index (κ1) is 12.4. The summed E-state index contributed by atoms with van der Waals surface area (Å²) in [5, 5.41) is 17.3. The van der Waals surface area contributed by atoms with Crippen LogP contribution < -0.4 is 0 Å². The van der Waals surface area contributed by atoms with E-state index in [1.807, 2.05) is 12.1 Å². The van der Waals surface area contributed by atoms with Crippen molar-refractivity contribution in [1.29, 1.82) is 10.7 Å². The Morgan fingerprint density at radius 2 is 2.32 bits per heavy atom. The molecule has 2 heterocycles. The summed E-state index contributed by atoms with van der Waals surface area (Å²) in [6.07, 6.45) is 5.30. The van der Waals surface area contributed by atoms with Crippen LogP contribution in [0.15, 0.2) is 24.5 Å². The number of nitrogens with zero attached hydrogens (tertiary/aromatic N) is 2. The van der Waals surface area contributed by atoms with Gasteiger partial charge in [0.05, 0.1) is 16.4 Å². The predicted octanol–water partition coefficient (Wildman–Crippen LogP) is 2.38. The molecule has 0 spiro atoms. The smallest absolute Gasteiger partial charge is 0.149 e. The average Bonchev–Trinajstić information content (AvgIpc) is 3.22. The molecule has 19 heavy (non-hydrogen) atoms. The van der Waals surface area contributed by atoms with E-state index in [0.717, 1.165) is 18.4 Å². The van der Waals surface area contributed by atoms with Gasteiger partial charge in [-0.1, -0.05) is 17.8 Å². The summed E-state index contributed by atoms with van der Waals surface area (Å²) >= 11 is 1.26. The highest BCUT2D eigenvalue weighted by Crippen LogP contribution is 2.48. The van der Waals surface area contributed by atoms with Gasteiger partial charge in [0, 0.05) is 24.2 Å². The highest BCUT2D eigenvalue weighted by Gasteiger charge is 2.49. The summed E-state index contributed by atoms with van der Waals surface area (Å²) in [4.78, 5) is 16.4. The fourth-order valence-corrected chi connectivity index (χ4v) is 3.92. The number of carbonyl (C=O) groups excluding carboxylic acids is 1. The number of pyridine rings is 1. The van der Waals surface area contributed by atoms with Crippen LogP contribution in [0.2, 0.25) is 0 Å². The van der Waals surface area contributed by atoms with Crippen molar-refractivity contribution in [1.82, 2.24) is 4.98 Å².